The molecule has 0 rings (SSSR count). The lowest BCUT2D eigenvalue weighted by atomic mass is 9.87. The van der Waals surface area contributed by atoms with Gasteiger partial charge in [0.2, 0.25) is 0 Å². The number of hydrogen-bond acceptors (Lipinski definition) is 2. The van der Waals surface area contributed by atoms with Crippen LogP contribution >= 0.6 is 0 Å². The van der Waals surface area contributed by atoms with E-state index in [2.05, 4.69) is 0 Å². The summed E-state index contributed by atoms with van der Waals surface area (Å²) in [5.74, 6) is 0. The summed E-state index contributed by atoms with van der Waals surface area (Å²) in [5.41, 5.74) is 5.36. The standard InChI is InChI=1S/C10H21F3N2/c1-4-9(3,6-14)7-15(5-2)8-10(11,12)13/h4-8,14H2,1-3H3. The third-order valence-electron chi connectivity index (χ3n) is 2.80. The fraction of sp³-hybridized carbons (Fsp3) is 1.00. The number of rotatable bonds is 6. The molecule has 0 aliphatic heterocycles. The van der Waals surface area contributed by atoms with E-state index < -0.39 is 12.7 Å². The smallest absolute Gasteiger partial charge is 0.330 e. The van der Waals surface area contributed by atoms with Crippen LogP contribution in [0.1, 0.15) is 27.2 Å². The van der Waals surface area contributed by atoms with Crippen molar-refractivity contribution in [2.45, 2.75) is 33.4 Å². The van der Waals surface area contributed by atoms with Gasteiger partial charge >= 0.3 is 6.18 Å². The predicted octanol–water partition coefficient (Wildman–Crippen LogP) is 2.25. The molecule has 0 aromatic rings. The molecule has 0 radical (unpaired) electrons. The van der Waals surface area contributed by atoms with Crippen LogP contribution in [-0.4, -0.2) is 37.3 Å². The van der Waals surface area contributed by atoms with Gasteiger partial charge in [0.05, 0.1) is 6.54 Å². The van der Waals surface area contributed by atoms with Crippen LogP contribution in [0, 0.1) is 5.41 Å². The first-order chi connectivity index (χ1) is 6.76. The lowest BCUT2D eigenvalue weighted by Crippen LogP contribution is -2.44. The number of nitrogens with two attached hydrogens (primary N) is 1. The van der Waals surface area contributed by atoms with Crippen LogP contribution in [0.15, 0.2) is 0 Å². The van der Waals surface area contributed by atoms with Crippen LogP contribution in [0.3, 0.4) is 0 Å². The lowest BCUT2D eigenvalue weighted by Gasteiger charge is -2.33. The highest BCUT2D eigenvalue weighted by Crippen LogP contribution is 2.23. The summed E-state index contributed by atoms with van der Waals surface area (Å²) in [4.78, 5) is 1.40. The normalized spacial score (nSPS) is 16.8. The van der Waals surface area contributed by atoms with Crippen LogP contribution in [-0.2, 0) is 0 Å². The third kappa shape index (κ3) is 5.99. The molecule has 0 aliphatic carbocycles. The number of hydrogen-bond donors (Lipinski definition) is 1. The van der Waals surface area contributed by atoms with Crippen LogP contribution < -0.4 is 5.73 Å². The summed E-state index contributed by atoms with van der Waals surface area (Å²) in [6.45, 7) is 5.97. The Kier molecular flexibility index (Phi) is 5.59. The van der Waals surface area contributed by atoms with Gasteiger partial charge in [-0.1, -0.05) is 20.8 Å². The molecule has 0 saturated heterocycles. The van der Waals surface area contributed by atoms with Crippen molar-refractivity contribution in [1.82, 2.24) is 4.90 Å². The third-order valence-corrected chi connectivity index (χ3v) is 2.80. The molecule has 0 aromatic carbocycles. The molecule has 0 spiro atoms. The Hall–Kier alpha value is -0.290. The summed E-state index contributed by atoms with van der Waals surface area (Å²) in [7, 11) is 0. The first-order valence-electron chi connectivity index (χ1n) is 5.25. The van der Waals surface area contributed by atoms with Crippen LogP contribution in [0.2, 0.25) is 0 Å². The van der Waals surface area contributed by atoms with Gasteiger partial charge in [-0.15, -0.1) is 0 Å². The molecule has 0 heterocycles. The van der Waals surface area contributed by atoms with Gasteiger partial charge < -0.3 is 5.73 Å². The Morgan fingerprint density at radius 3 is 1.93 bits per heavy atom. The maximum Gasteiger partial charge on any atom is 0.401 e. The molecule has 0 amide bonds. The van der Waals surface area contributed by atoms with E-state index in [1.807, 2.05) is 13.8 Å². The van der Waals surface area contributed by atoms with E-state index in [4.69, 9.17) is 5.73 Å². The first kappa shape index (κ1) is 14.7. The van der Waals surface area contributed by atoms with Gasteiger partial charge in [-0.3, -0.25) is 4.90 Å². The zero-order chi connectivity index (χ0) is 12.1. The molecule has 0 aromatic heterocycles. The summed E-state index contributed by atoms with van der Waals surface area (Å²) in [5, 5.41) is 0. The van der Waals surface area contributed by atoms with Gasteiger partial charge in [-0.2, -0.15) is 13.2 Å². The van der Waals surface area contributed by atoms with Crippen molar-refractivity contribution in [3.63, 3.8) is 0 Å². The topological polar surface area (TPSA) is 29.3 Å². The van der Waals surface area contributed by atoms with Crippen molar-refractivity contribution in [3.05, 3.63) is 0 Å². The molecule has 1 atom stereocenters. The monoisotopic (exact) mass is 226 g/mol. The van der Waals surface area contributed by atoms with E-state index in [-0.39, 0.29) is 5.41 Å². The first-order valence-corrected chi connectivity index (χ1v) is 5.25. The summed E-state index contributed by atoms with van der Waals surface area (Å²) >= 11 is 0. The molecule has 0 saturated carbocycles. The minimum Gasteiger partial charge on any atom is -0.330 e. The highest BCUT2D eigenvalue weighted by molar-refractivity contribution is 4.78. The Morgan fingerprint density at radius 1 is 1.13 bits per heavy atom. The Labute approximate surface area is 89.6 Å². The summed E-state index contributed by atoms with van der Waals surface area (Å²) in [6, 6.07) is 0. The molecule has 15 heavy (non-hydrogen) atoms. The Balaban J connectivity index is 4.32. The second-order valence-corrected chi connectivity index (χ2v) is 4.29. The number of halogens is 3. The quantitative estimate of drug-likeness (QED) is 0.752. The molecule has 0 bridgehead atoms. The van der Waals surface area contributed by atoms with Crippen molar-refractivity contribution in [1.29, 1.82) is 0 Å². The largest absolute Gasteiger partial charge is 0.401 e. The minimum absolute atomic E-state index is 0.221. The summed E-state index contributed by atoms with van der Waals surface area (Å²) < 4.78 is 36.6. The zero-order valence-electron chi connectivity index (χ0n) is 9.69. The molecule has 1 unspecified atom stereocenters. The molecule has 92 valence electrons. The van der Waals surface area contributed by atoms with Gasteiger partial charge in [0.1, 0.15) is 0 Å². The van der Waals surface area contributed by atoms with Gasteiger partial charge in [-0.25, -0.2) is 0 Å². The van der Waals surface area contributed by atoms with E-state index in [0.717, 1.165) is 6.42 Å². The second-order valence-electron chi connectivity index (χ2n) is 4.29. The van der Waals surface area contributed by atoms with Crippen LogP contribution in [0.4, 0.5) is 13.2 Å². The molecule has 2 N–H and O–H groups in total. The molecule has 2 nitrogen and oxygen atoms in total. The van der Waals surface area contributed by atoms with Crippen molar-refractivity contribution in [2.24, 2.45) is 11.1 Å². The maximum atomic E-state index is 12.2. The summed E-state index contributed by atoms with van der Waals surface area (Å²) in [6.07, 6.45) is -3.34. The van der Waals surface area contributed by atoms with E-state index in [1.165, 1.54) is 4.90 Å². The van der Waals surface area contributed by atoms with Gasteiger partial charge in [0.25, 0.3) is 0 Å². The van der Waals surface area contributed by atoms with E-state index >= 15 is 0 Å². The van der Waals surface area contributed by atoms with Crippen molar-refractivity contribution < 1.29 is 13.2 Å². The van der Waals surface area contributed by atoms with Crippen LogP contribution in [0.25, 0.3) is 0 Å². The fourth-order valence-corrected chi connectivity index (χ4v) is 1.39. The minimum atomic E-state index is -4.13. The van der Waals surface area contributed by atoms with E-state index in [0.29, 0.717) is 19.6 Å². The zero-order valence-corrected chi connectivity index (χ0v) is 9.69. The number of alkyl halides is 3. The van der Waals surface area contributed by atoms with E-state index in [1.54, 1.807) is 6.92 Å². The van der Waals surface area contributed by atoms with Crippen molar-refractivity contribution in [2.75, 3.05) is 26.2 Å². The Morgan fingerprint density at radius 2 is 1.67 bits per heavy atom. The van der Waals surface area contributed by atoms with Crippen molar-refractivity contribution >= 4 is 0 Å². The molecule has 0 aliphatic rings. The van der Waals surface area contributed by atoms with Gasteiger partial charge in [0, 0.05) is 6.54 Å². The van der Waals surface area contributed by atoms with Gasteiger partial charge in [-0.05, 0) is 24.9 Å². The van der Waals surface area contributed by atoms with Crippen molar-refractivity contribution in [3.8, 4) is 0 Å². The number of nitrogens with zero attached hydrogens (tertiary/aromatic N) is 1. The highest BCUT2D eigenvalue weighted by Gasteiger charge is 2.33. The molecular formula is C10H21F3N2. The molecule has 5 heteroatoms. The SMILES string of the molecule is CCN(CC(F)(F)F)CC(C)(CC)CN. The van der Waals surface area contributed by atoms with Gasteiger partial charge in [0.15, 0.2) is 0 Å². The fourth-order valence-electron chi connectivity index (χ4n) is 1.39. The molecule has 0 fully saturated rings. The maximum absolute atomic E-state index is 12.2. The van der Waals surface area contributed by atoms with Crippen LogP contribution in [0.5, 0.6) is 0 Å². The average molecular weight is 226 g/mol. The molecular weight excluding hydrogens is 205 g/mol. The highest BCUT2D eigenvalue weighted by atomic mass is 19.4. The second kappa shape index (κ2) is 5.70. The average Bonchev–Trinajstić information content (AvgIpc) is 2.14. The predicted molar refractivity (Wildman–Crippen MR) is 55.6 cm³/mol. The lowest BCUT2D eigenvalue weighted by molar-refractivity contribution is -0.148. The van der Waals surface area contributed by atoms with E-state index in [9.17, 15) is 13.2 Å². The Bertz CT molecular complexity index is 176.